The molecule has 0 bridgehead atoms. The molecule has 148 valence electrons. The molecule has 3 heterocycles. The molecule has 6 nitrogen and oxygen atoms in total. The third-order valence-corrected chi connectivity index (χ3v) is 5.23. The first-order valence-electron chi connectivity index (χ1n) is 9.08. The van der Waals surface area contributed by atoms with Crippen LogP contribution in [0.25, 0.3) is 11.1 Å². The van der Waals surface area contributed by atoms with Gasteiger partial charge >= 0.3 is 0 Å². The van der Waals surface area contributed by atoms with E-state index >= 15 is 0 Å². The lowest BCUT2D eigenvalue weighted by atomic mass is 9.80. The van der Waals surface area contributed by atoms with Crippen LogP contribution in [-0.4, -0.2) is 29.4 Å². The summed E-state index contributed by atoms with van der Waals surface area (Å²) in [6, 6.07) is 10.7. The largest absolute Gasteiger partial charge is 0.508 e. The minimum Gasteiger partial charge on any atom is -0.508 e. The maximum Gasteiger partial charge on any atom is 0.220 e. The van der Waals surface area contributed by atoms with Gasteiger partial charge in [0.05, 0.1) is 0 Å². The zero-order valence-electron chi connectivity index (χ0n) is 15.2. The molecule has 1 saturated heterocycles. The van der Waals surface area contributed by atoms with Crippen molar-refractivity contribution in [2.24, 2.45) is 5.73 Å². The fourth-order valence-electron chi connectivity index (χ4n) is 3.99. The first-order valence-corrected chi connectivity index (χ1v) is 9.08. The van der Waals surface area contributed by atoms with Crippen LogP contribution in [-0.2, 0) is 10.3 Å². The van der Waals surface area contributed by atoms with Crippen molar-refractivity contribution in [3.63, 3.8) is 0 Å². The van der Waals surface area contributed by atoms with Crippen LogP contribution in [0.15, 0.2) is 48.7 Å². The number of fused-ring (bicyclic) bond motifs is 4. The number of ether oxygens (including phenoxy) is 2. The predicted molar refractivity (Wildman–Crippen MR) is 100 cm³/mol. The van der Waals surface area contributed by atoms with Gasteiger partial charge in [0.15, 0.2) is 11.6 Å². The van der Waals surface area contributed by atoms with Gasteiger partial charge < -0.3 is 25.6 Å². The van der Waals surface area contributed by atoms with Crippen LogP contribution in [0.1, 0.15) is 11.1 Å². The zero-order valence-corrected chi connectivity index (χ0v) is 15.2. The van der Waals surface area contributed by atoms with Crippen molar-refractivity contribution < 1.29 is 23.4 Å². The number of hydrogen-bond donors (Lipinski definition) is 3. The molecule has 1 spiro atoms. The van der Waals surface area contributed by atoms with E-state index in [9.17, 15) is 13.9 Å². The van der Waals surface area contributed by atoms with Crippen molar-refractivity contribution in [2.45, 2.75) is 11.8 Å². The predicted octanol–water partition coefficient (Wildman–Crippen LogP) is 2.99. The van der Waals surface area contributed by atoms with Gasteiger partial charge in [0.1, 0.15) is 23.3 Å². The lowest BCUT2D eigenvalue weighted by Gasteiger charge is -2.44. The maximum absolute atomic E-state index is 14.6. The van der Waals surface area contributed by atoms with E-state index in [-0.39, 0.29) is 18.0 Å². The van der Waals surface area contributed by atoms with Crippen LogP contribution in [0.4, 0.5) is 8.78 Å². The van der Waals surface area contributed by atoms with Gasteiger partial charge in [-0.15, -0.1) is 0 Å². The van der Waals surface area contributed by atoms with Crippen molar-refractivity contribution >= 4 is 0 Å². The Balaban J connectivity index is 1.76. The van der Waals surface area contributed by atoms with Crippen molar-refractivity contribution in [1.82, 2.24) is 10.3 Å². The van der Waals surface area contributed by atoms with E-state index in [0.717, 1.165) is 6.07 Å². The fourth-order valence-corrected chi connectivity index (χ4v) is 3.99. The molecule has 2 aliphatic heterocycles. The molecule has 3 aromatic rings. The highest BCUT2D eigenvalue weighted by Gasteiger charge is 2.48. The van der Waals surface area contributed by atoms with E-state index < -0.39 is 23.6 Å². The highest BCUT2D eigenvalue weighted by atomic mass is 19.1. The monoisotopic (exact) mass is 397 g/mol. The average Bonchev–Trinajstić information content (AvgIpc) is 2.70. The van der Waals surface area contributed by atoms with Gasteiger partial charge in [0.25, 0.3) is 0 Å². The molecule has 1 aromatic heterocycles. The number of morpholine rings is 1. The van der Waals surface area contributed by atoms with Crippen LogP contribution >= 0.6 is 0 Å². The SMILES string of the molecule is NC1CNCC2(O1)c1cc(-c3cccnc3F)ccc1Oc1c(F)cc(O)cc12. The quantitative estimate of drug-likeness (QED) is 0.547. The molecule has 2 aromatic carbocycles. The van der Waals surface area contributed by atoms with Crippen molar-refractivity contribution in [2.75, 3.05) is 13.1 Å². The Hall–Kier alpha value is -3.07. The molecule has 1 fully saturated rings. The molecule has 4 N–H and O–H groups in total. The molecule has 8 heteroatoms. The molecule has 0 saturated carbocycles. The molecule has 2 unspecified atom stereocenters. The van der Waals surface area contributed by atoms with E-state index in [4.69, 9.17) is 15.2 Å². The first-order chi connectivity index (χ1) is 14.0. The van der Waals surface area contributed by atoms with Gasteiger partial charge in [-0.05, 0) is 35.9 Å². The molecule has 0 radical (unpaired) electrons. The van der Waals surface area contributed by atoms with E-state index in [2.05, 4.69) is 10.3 Å². The Morgan fingerprint density at radius 3 is 2.83 bits per heavy atom. The zero-order chi connectivity index (χ0) is 20.2. The Kier molecular flexibility index (Phi) is 4.02. The number of nitrogens with zero attached hydrogens (tertiary/aromatic N) is 1. The molecule has 29 heavy (non-hydrogen) atoms. The summed E-state index contributed by atoms with van der Waals surface area (Å²) in [5.41, 5.74) is 6.58. The summed E-state index contributed by atoms with van der Waals surface area (Å²) in [5, 5.41) is 13.2. The summed E-state index contributed by atoms with van der Waals surface area (Å²) >= 11 is 0. The molecule has 0 amide bonds. The van der Waals surface area contributed by atoms with E-state index in [1.165, 1.54) is 12.3 Å². The minimum absolute atomic E-state index is 0.0356. The molecule has 2 atom stereocenters. The number of halogens is 2. The second kappa shape index (κ2) is 6.48. The number of nitrogens with one attached hydrogen (secondary N) is 1. The third kappa shape index (κ3) is 2.76. The lowest BCUT2D eigenvalue weighted by Crippen LogP contribution is -2.56. The van der Waals surface area contributed by atoms with Crippen LogP contribution < -0.4 is 15.8 Å². The van der Waals surface area contributed by atoms with Gasteiger partial charge in [-0.3, -0.25) is 0 Å². The normalized spacial score (nSPS) is 22.7. The van der Waals surface area contributed by atoms with Gasteiger partial charge in [-0.25, -0.2) is 9.37 Å². The summed E-state index contributed by atoms with van der Waals surface area (Å²) < 4.78 is 40.8. The van der Waals surface area contributed by atoms with Crippen molar-refractivity contribution in [3.8, 4) is 28.4 Å². The number of nitrogens with two attached hydrogens (primary N) is 1. The van der Waals surface area contributed by atoms with Crippen molar-refractivity contribution in [1.29, 1.82) is 0 Å². The number of benzene rings is 2. The summed E-state index contributed by atoms with van der Waals surface area (Å²) in [6.07, 6.45) is 0.698. The lowest BCUT2D eigenvalue weighted by molar-refractivity contribution is -0.0974. The fraction of sp³-hybridized carbons (Fsp3) is 0.190. The number of pyridine rings is 1. The first kappa shape index (κ1) is 18.0. The topological polar surface area (TPSA) is 89.6 Å². The molecule has 5 rings (SSSR count). The van der Waals surface area contributed by atoms with Crippen LogP contribution in [0.3, 0.4) is 0 Å². The maximum atomic E-state index is 14.6. The second-order valence-corrected chi connectivity index (χ2v) is 7.07. The number of phenolic OH excluding ortho intramolecular Hbond substituents is 1. The van der Waals surface area contributed by atoms with E-state index in [1.54, 1.807) is 30.3 Å². The average molecular weight is 397 g/mol. The highest BCUT2D eigenvalue weighted by Crippen LogP contribution is 2.52. The Morgan fingerprint density at radius 1 is 1.17 bits per heavy atom. The van der Waals surface area contributed by atoms with Gasteiger partial charge in [0, 0.05) is 42.0 Å². The number of aromatic hydroxyl groups is 1. The molecular formula is C21H17F2N3O3. The van der Waals surface area contributed by atoms with Gasteiger partial charge in [-0.1, -0.05) is 6.07 Å². The van der Waals surface area contributed by atoms with Crippen LogP contribution in [0.5, 0.6) is 17.2 Å². The number of rotatable bonds is 1. The van der Waals surface area contributed by atoms with Crippen LogP contribution in [0, 0.1) is 11.8 Å². The highest BCUT2D eigenvalue weighted by molar-refractivity contribution is 5.69. The van der Waals surface area contributed by atoms with E-state index in [0.29, 0.717) is 34.5 Å². The minimum atomic E-state index is -1.21. The molecular weight excluding hydrogens is 380 g/mol. The second-order valence-electron chi connectivity index (χ2n) is 7.07. The Labute approximate surface area is 164 Å². The number of hydrogen-bond acceptors (Lipinski definition) is 6. The standard InChI is InChI=1S/C21H17F2N3O3/c22-16-8-12(27)7-15-19(16)28-17-4-3-11(13-2-1-5-26-20(13)23)6-14(17)21(15)10-25-9-18(24)29-21/h1-8,18,25,27H,9-10,24H2. The number of phenols is 1. The Morgan fingerprint density at radius 2 is 2.03 bits per heavy atom. The van der Waals surface area contributed by atoms with Crippen molar-refractivity contribution in [3.05, 3.63) is 71.6 Å². The summed E-state index contributed by atoms with van der Waals surface area (Å²) in [5.74, 6) is -1.25. The van der Waals surface area contributed by atoms with Gasteiger partial charge in [-0.2, -0.15) is 4.39 Å². The summed E-state index contributed by atoms with van der Waals surface area (Å²) in [6.45, 7) is 0.678. The van der Waals surface area contributed by atoms with Gasteiger partial charge in [0.2, 0.25) is 5.95 Å². The summed E-state index contributed by atoms with van der Waals surface area (Å²) in [4.78, 5) is 3.70. The Bertz CT molecular complexity index is 1120. The smallest absolute Gasteiger partial charge is 0.220 e. The number of aromatic nitrogens is 1. The van der Waals surface area contributed by atoms with E-state index in [1.807, 2.05) is 0 Å². The van der Waals surface area contributed by atoms with Crippen LogP contribution in [0.2, 0.25) is 0 Å². The molecule has 0 aliphatic carbocycles. The summed E-state index contributed by atoms with van der Waals surface area (Å²) in [7, 11) is 0. The third-order valence-electron chi connectivity index (χ3n) is 5.23. The molecule has 2 aliphatic rings.